The summed E-state index contributed by atoms with van der Waals surface area (Å²) in [6, 6.07) is 0. The van der Waals surface area contributed by atoms with Crippen molar-refractivity contribution in [3.8, 4) is 0 Å². The first-order valence-corrected chi connectivity index (χ1v) is 5.21. The van der Waals surface area contributed by atoms with Gasteiger partial charge >= 0.3 is 0 Å². The predicted octanol–water partition coefficient (Wildman–Crippen LogP) is 0.961. The molecule has 0 bridgehead atoms. The van der Waals surface area contributed by atoms with Crippen LogP contribution in [0.5, 0.6) is 0 Å². The van der Waals surface area contributed by atoms with E-state index in [1.807, 2.05) is 12.5 Å². The van der Waals surface area contributed by atoms with E-state index >= 15 is 0 Å². The van der Waals surface area contributed by atoms with Crippen LogP contribution in [0.25, 0.3) is 0 Å². The van der Waals surface area contributed by atoms with Crippen LogP contribution in [0.4, 0.5) is 0 Å². The highest BCUT2D eigenvalue weighted by Gasteiger charge is 2.00. The van der Waals surface area contributed by atoms with Gasteiger partial charge in [-0.1, -0.05) is 6.92 Å². The van der Waals surface area contributed by atoms with E-state index < -0.39 is 0 Å². The number of aromatic nitrogens is 2. The van der Waals surface area contributed by atoms with Gasteiger partial charge in [0.2, 0.25) is 0 Å². The van der Waals surface area contributed by atoms with Crippen molar-refractivity contribution < 1.29 is 9.57 Å². The zero-order valence-electron chi connectivity index (χ0n) is 9.40. The summed E-state index contributed by atoms with van der Waals surface area (Å²) in [5.41, 5.74) is 4.01. The van der Waals surface area contributed by atoms with Gasteiger partial charge in [0.05, 0.1) is 31.8 Å². The second-order valence-electron chi connectivity index (χ2n) is 3.24. The van der Waals surface area contributed by atoms with Gasteiger partial charge in [-0.2, -0.15) is 5.48 Å². The Morgan fingerprint density at radius 1 is 1.47 bits per heavy atom. The van der Waals surface area contributed by atoms with Gasteiger partial charge < -0.3 is 9.30 Å². The average molecular weight is 213 g/mol. The number of hydrogen-bond acceptors (Lipinski definition) is 4. The van der Waals surface area contributed by atoms with Crippen molar-refractivity contribution in [2.75, 3.05) is 20.3 Å². The summed E-state index contributed by atoms with van der Waals surface area (Å²) >= 11 is 0. The Bertz CT molecular complexity index is 263. The third kappa shape index (κ3) is 4.42. The first-order chi connectivity index (χ1) is 7.38. The molecule has 0 fully saturated rings. The lowest BCUT2D eigenvalue weighted by molar-refractivity contribution is 0.00258. The molecule has 1 N–H and O–H groups in total. The summed E-state index contributed by atoms with van der Waals surface area (Å²) in [6.07, 6.45) is 4.80. The zero-order valence-corrected chi connectivity index (χ0v) is 9.40. The molecular formula is C10H19N3O2. The number of hydroxylamine groups is 1. The van der Waals surface area contributed by atoms with Crippen LogP contribution in [0.2, 0.25) is 0 Å². The fourth-order valence-electron chi connectivity index (χ4n) is 1.26. The maximum absolute atomic E-state index is 5.16. The maximum atomic E-state index is 5.16. The molecule has 0 radical (unpaired) electrons. The second-order valence-corrected chi connectivity index (χ2v) is 3.24. The van der Waals surface area contributed by atoms with Gasteiger partial charge in [-0.3, -0.25) is 4.84 Å². The first kappa shape index (κ1) is 12.2. The number of nitrogens with one attached hydrogen (secondary N) is 1. The topological polar surface area (TPSA) is 48.3 Å². The van der Waals surface area contributed by atoms with Crippen molar-refractivity contribution in [3.63, 3.8) is 0 Å². The fourth-order valence-corrected chi connectivity index (χ4v) is 1.26. The molecule has 1 heterocycles. The summed E-state index contributed by atoms with van der Waals surface area (Å²) < 4.78 is 6.98. The summed E-state index contributed by atoms with van der Waals surface area (Å²) in [4.78, 5) is 9.26. The maximum Gasteiger partial charge on any atom is 0.0948 e. The third-order valence-corrected chi connectivity index (χ3v) is 2.01. The van der Waals surface area contributed by atoms with Crippen molar-refractivity contribution in [3.05, 3.63) is 18.2 Å². The van der Waals surface area contributed by atoms with E-state index in [1.165, 1.54) is 0 Å². The van der Waals surface area contributed by atoms with E-state index in [0.717, 1.165) is 18.7 Å². The van der Waals surface area contributed by atoms with Gasteiger partial charge in [-0.05, 0) is 6.42 Å². The number of rotatable bonds is 8. The summed E-state index contributed by atoms with van der Waals surface area (Å²) in [5, 5.41) is 0. The van der Waals surface area contributed by atoms with Crippen LogP contribution in [-0.4, -0.2) is 29.9 Å². The van der Waals surface area contributed by atoms with E-state index in [4.69, 9.17) is 9.57 Å². The summed E-state index contributed by atoms with van der Waals surface area (Å²) in [6.45, 7) is 4.96. The highest BCUT2D eigenvalue weighted by molar-refractivity contribution is 4.97. The molecular weight excluding hydrogens is 194 g/mol. The van der Waals surface area contributed by atoms with Gasteiger partial charge in [0, 0.05) is 19.9 Å². The number of imidazole rings is 1. The Kier molecular flexibility index (Phi) is 5.99. The third-order valence-electron chi connectivity index (χ3n) is 2.01. The quantitative estimate of drug-likeness (QED) is 0.516. The molecule has 0 unspecified atom stereocenters. The van der Waals surface area contributed by atoms with Crippen LogP contribution < -0.4 is 5.48 Å². The van der Waals surface area contributed by atoms with E-state index in [2.05, 4.69) is 22.0 Å². The average Bonchev–Trinajstić information content (AvgIpc) is 2.66. The van der Waals surface area contributed by atoms with E-state index in [9.17, 15) is 0 Å². The predicted molar refractivity (Wildman–Crippen MR) is 57.2 cm³/mol. The number of aryl methyl sites for hydroxylation is 1. The first-order valence-electron chi connectivity index (χ1n) is 5.21. The lowest BCUT2D eigenvalue weighted by Gasteiger charge is -2.08. The van der Waals surface area contributed by atoms with Crippen molar-refractivity contribution in [2.24, 2.45) is 0 Å². The highest BCUT2D eigenvalue weighted by atomic mass is 16.7. The molecule has 5 nitrogen and oxygen atoms in total. The van der Waals surface area contributed by atoms with Crippen molar-refractivity contribution in [1.82, 2.24) is 15.0 Å². The molecule has 0 saturated heterocycles. The number of methoxy groups -OCH3 is 1. The Hall–Kier alpha value is -0.910. The minimum Gasteiger partial charge on any atom is -0.382 e. The van der Waals surface area contributed by atoms with E-state index in [-0.39, 0.29) is 0 Å². The molecule has 1 aromatic heterocycles. The number of nitrogens with zero attached hydrogens (tertiary/aromatic N) is 2. The molecule has 5 heteroatoms. The number of ether oxygens (including phenoxy) is 1. The smallest absolute Gasteiger partial charge is 0.0948 e. The standard InChI is InChI=1S/C10H19N3O2/c1-3-4-13-9-11-7-10(13)8-12-15-6-5-14-2/h7,9,12H,3-6,8H2,1-2H3. The normalized spacial score (nSPS) is 10.8. The highest BCUT2D eigenvalue weighted by Crippen LogP contribution is 2.00. The minimum atomic E-state index is 0.554. The van der Waals surface area contributed by atoms with Crippen molar-refractivity contribution >= 4 is 0 Å². The van der Waals surface area contributed by atoms with E-state index in [1.54, 1.807) is 7.11 Å². The monoisotopic (exact) mass is 213 g/mol. The Morgan fingerprint density at radius 2 is 2.33 bits per heavy atom. The van der Waals surface area contributed by atoms with Crippen LogP contribution in [0.15, 0.2) is 12.5 Å². The molecule has 1 rings (SSSR count). The molecule has 0 aliphatic rings. The van der Waals surface area contributed by atoms with Crippen LogP contribution in [0.3, 0.4) is 0 Å². The van der Waals surface area contributed by atoms with Crippen LogP contribution >= 0.6 is 0 Å². The SMILES string of the molecule is CCCn1cncc1CNOCCOC. The molecule has 1 aromatic rings. The molecule has 86 valence electrons. The van der Waals surface area contributed by atoms with Gasteiger partial charge in [0.25, 0.3) is 0 Å². The van der Waals surface area contributed by atoms with Gasteiger partial charge in [-0.15, -0.1) is 0 Å². The van der Waals surface area contributed by atoms with Crippen LogP contribution in [-0.2, 0) is 22.7 Å². The molecule has 0 aliphatic heterocycles. The minimum absolute atomic E-state index is 0.554. The Morgan fingerprint density at radius 3 is 3.07 bits per heavy atom. The Balaban J connectivity index is 2.21. The number of hydrogen-bond donors (Lipinski definition) is 1. The zero-order chi connectivity index (χ0) is 10.9. The molecule has 0 amide bonds. The molecule has 0 aliphatic carbocycles. The molecule has 0 saturated carbocycles. The summed E-state index contributed by atoms with van der Waals surface area (Å²) in [5.74, 6) is 0. The van der Waals surface area contributed by atoms with Gasteiger partial charge in [0.15, 0.2) is 0 Å². The second kappa shape index (κ2) is 7.39. The largest absolute Gasteiger partial charge is 0.382 e. The molecule has 0 atom stereocenters. The van der Waals surface area contributed by atoms with Crippen LogP contribution in [0, 0.1) is 0 Å². The fraction of sp³-hybridized carbons (Fsp3) is 0.700. The van der Waals surface area contributed by atoms with Gasteiger partial charge in [-0.25, -0.2) is 4.98 Å². The summed E-state index contributed by atoms with van der Waals surface area (Å²) in [7, 11) is 1.65. The molecule has 0 spiro atoms. The van der Waals surface area contributed by atoms with E-state index in [0.29, 0.717) is 19.8 Å². The van der Waals surface area contributed by atoms with Crippen molar-refractivity contribution in [1.29, 1.82) is 0 Å². The molecule has 15 heavy (non-hydrogen) atoms. The Labute approximate surface area is 90.4 Å². The van der Waals surface area contributed by atoms with Crippen LogP contribution in [0.1, 0.15) is 19.0 Å². The lowest BCUT2D eigenvalue weighted by atomic mass is 10.4. The van der Waals surface area contributed by atoms with Crippen molar-refractivity contribution in [2.45, 2.75) is 26.4 Å². The lowest BCUT2D eigenvalue weighted by Crippen LogP contribution is -2.19. The molecule has 0 aromatic carbocycles. The van der Waals surface area contributed by atoms with Gasteiger partial charge in [0.1, 0.15) is 0 Å².